The van der Waals surface area contributed by atoms with E-state index >= 15 is 0 Å². The molecule has 1 amide bonds. The number of hydrogen-bond acceptors (Lipinski definition) is 4. The Hall–Kier alpha value is -1.10. The molecule has 0 bridgehead atoms. The van der Waals surface area contributed by atoms with E-state index < -0.39 is 17.7 Å². The Balaban J connectivity index is 2.64. The topological polar surface area (TPSA) is 55.8 Å². The molecule has 5 heteroatoms. The minimum Gasteiger partial charge on any atom is -0.444 e. The first kappa shape index (κ1) is 13.0. The third-order valence-corrected chi connectivity index (χ3v) is 2.42. The average Bonchev–Trinajstić information content (AvgIpc) is 2.58. The summed E-state index contributed by atoms with van der Waals surface area (Å²) in [6.45, 7) is 5.80. The molecular formula is C11H19NO4. The van der Waals surface area contributed by atoms with Crippen LogP contribution in [0.4, 0.5) is 4.79 Å². The molecule has 1 fully saturated rings. The van der Waals surface area contributed by atoms with Gasteiger partial charge in [-0.15, -0.1) is 0 Å². The van der Waals surface area contributed by atoms with E-state index in [9.17, 15) is 9.59 Å². The van der Waals surface area contributed by atoms with Crippen molar-refractivity contribution in [1.82, 2.24) is 4.90 Å². The van der Waals surface area contributed by atoms with Gasteiger partial charge in [0.05, 0.1) is 18.7 Å². The van der Waals surface area contributed by atoms with Gasteiger partial charge < -0.3 is 14.3 Å². The molecule has 16 heavy (non-hydrogen) atoms. The normalized spacial score (nSPS) is 25.6. The van der Waals surface area contributed by atoms with E-state index in [1.54, 1.807) is 27.9 Å². The van der Waals surface area contributed by atoms with Crippen LogP contribution in [0, 0.1) is 0 Å². The van der Waals surface area contributed by atoms with Gasteiger partial charge in [-0.2, -0.15) is 0 Å². The Labute approximate surface area is 95.7 Å². The maximum absolute atomic E-state index is 11.8. The van der Waals surface area contributed by atoms with Crippen molar-refractivity contribution in [3.8, 4) is 0 Å². The fourth-order valence-electron chi connectivity index (χ4n) is 1.66. The minimum absolute atomic E-state index is 0.0808. The summed E-state index contributed by atoms with van der Waals surface area (Å²) >= 11 is 0. The van der Waals surface area contributed by atoms with E-state index in [4.69, 9.17) is 9.47 Å². The highest BCUT2D eigenvalue weighted by molar-refractivity contribution is 5.74. The third-order valence-electron chi connectivity index (χ3n) is 2.42. The second-order valence-electron chi connectivity index (χ2n) is 4.93. The second kappa shape index (κ2) is 4.82. The zero-order valence-electron chi connectivity index (χ0n) is 10.2. The highest BCUT2D eigenvalue weighted by Crippen LogP contribution is 2.21. The van der Waals surface area contributed by atoms with Gasteiger partial charge in [0.2, 0.25) is 0 Å². The maximum Gasteiger partial charge on any atom is 0.410 e. The van der Waals surface area contributed by atoms with Gasteiger partial charge >= 0.3 is 6.09 Å². The Morgan fingerprint density at radius 1 is 1.44 bits per heavy atom. The number of carbonyl (C=O) groups excluding carboxylic acids is 2. The maximum atomic E-state index is 11.8. The summed E-state index contributed by atoms with van der Waals surface area (Å²) in [6.07, 6.45) is 0.772. The molecule has 0 spiro atoms. The van der Waals surface area contributed by atoms with Gasteiger partial charge in [0.25, 0.3) is 0 Å². The molecule has 1 saturated heterocycles. The van der Waals surface area contributed by atoms with Gasteiger partial charge in [0.1, 0.15) is 11.9 Å². The molecule has 1 aliphatic heterocycles. The quantitative estimate of drug-likeness (QED) is 0.668. The van der Waals surface area contributed by atoms with Crippen LogP contribution in [0.3, 0.4) is 0 Å². The van der Waals surface area contributed by atoms with Crippen molar-refractivity contribution in [3.63, 3.8) is 0 Å². The number of aldehydes is 1. The summed E-state index contributed by atoms with van der Waals surface area (Å²) in [5.41, 5.74) is -0.546. The number of carbonyl (C=O) groups is 2. The highest BCUT2D eigenvalue weighted by Gasteiger charge is 2.37. The van der Waals surface area contributed by atoms with Gasteiger partial charge in [-0.3, -0.25) is 4.90 Å². The lowest BCUT2D eigenvalue weighted by Gasteiger charge is -2.26. The number of amides is 1. The Morgan fingerprint density at radius 3 is 2.50 bits per heavy atom. The Bertz CT molecular complexity index is 272. The van der Waals surface area contributed by atoms with E-state index in [1.165, 1.54) is 4.90 Å². The van der Waals surface area contributed by atoms with Crippen molar-refractivity contribution in [1.29, 1.82) is 0 Å². The van der Waals surface area contributed by atoms with Crippen molar-refractivity contribution < 1.29 is 19.1 Å². The van der Waals surface area contributed by atoms with Crippen LogP contribution in [0.1, 0.15) is 27.2 Å². The van der Waals surface area contributed by atoms with Crippen LogP contribution in [0.5, 0.6) is 0 Å². The first-order chi connectivity index (χ1) is 7.37. The van der Waals surface area contributed by atoms with Crippen molar-refractivity contribution in [2.45, 2.75) is 44.9 Å². The van der Waals surface area contributed by atoms with Gasteiger partial charge in [-0.25, -0.2) is 4.79 Å². The predicted molar refractivity (Wildman–Crippen MR) is 58.2 cm³/mol. The van der Waals surface area contributed by atoms with Crippen LogP contribution in [0.2, 0.25) is 0 Å². The first-order valence-corrected chi connectivity index (χ1v) is 5.35. The van der Waals surface area contributed by atoms with E-state index in [1.807, 2.05) is 0 Å². The van der Waals surface area contributed by atoms with Gasteiger partial charge in [0.15, 0.2) is 0 Å². The molecule has 0 N–H and O–H groups in total. The molecule has 1 rings (SSSR count). The summed E-state index contributed by atoms with van der Waals surface area (Å²) in [5, 5.41) is 0. The van der Waals surface area contributed by atoms with Crippen LogP contribution in [0.15, 0.2) is 0 Å². The monoisotopic (exact) mass is 229 g/mol. The molecular weight excluding hydrogens is 210 g/mol. The second-order valence-corrected chi connectivity index (χ2v) is 4.93. The molecule has 0 radical (unpaired) electrons. The molecule has 0 aromatic heterocycles. The molecule has 1 heterocycles. The summed E-state index contributed by atoms with van der Waals surface area (Å²) < 4.78 is 10.4. The fraction of sp³-hybridized carbons (Fsp3) is 0.818. The number of hydrogen-bond donors (Lipinski definition) is 0. The standard InChI is InChI=1S/C11H19NO4/c1-11(2,3)16-10(14)12-6-9(15-4)5-8(12)7-13/h7-9H,5-6H2,1-4H3/t8?,9-/m1/s1. The predicted octanol–water partition coefficient (Wildman–Crippen LogP) is 1.21. The molecule has 0 aromatic carbocycles. The Morgan fingerprint density at radius 2 is 2.06 bits per heavy atom. The molecule has 2 atom stereocenters. The van der Waals surface area contributed by atoms with Crippen LogP contribution in [-0.4, -0.2) is 48.7 Å². The Kier molecular flexibility index (Phi) is 3.91. The van der Waals surface area contributed by atoms with Crippen LogP contribution in [0.25, 0.3) is 0 Å². The third kappa shape index (κ3) is 3.20. The summed E-state index contributed by atoms with van der Waals surface area (Å²) in [5.74, 6) is 0. The van der Waals surface area contributed by atoms with Gasteiger partial charge in [-0.05, 0) is 20.8 Å². The summed E-state index contributed by atoms with van der Waals surface area (Å²) in [4.78, 5) is 24.0. The first-order valence-electron chi connectivity index (χ1n) is 5.35. The molecule has 0 aliphatic carbocycles. The van der Waals surface area contributed by atoms with Crippen molar-refractivity contribution in [3.05, 3.63) is 0 Å². The van der Waals surface area contributed by atoms with Crippen molar-refractivity contribution in [2.75, 3.05) is 13.7 Å². The number of rotatable bonds is 2. The molecule has 1 unspecified atom stereocenters. The number of ether oxygens (including phenoxy) is 2. The lowest BCUT2D eigenvalue weighted by Crippen LogP contribution is -2.40. The SMILES string of the molecule is CO[C@@H]1CC(C=O)N(C(=O)OC(C)(C)C)C1. The molecule has 0 saturated carbocycles. The van der Waals surface area contributed by atoms with Crippen LogP contribution < -0.4 is 0 Å². The number of likely N-dealkylation sites (tertiary alicyclic amines) is 1. The number of nitrogens with zero attached hydrogens (tertiary/aromatic N) is 1. The minimum atomic E-state index is -0.546. The largest absolute Gasteiger partial charge is 0.444 e. The van der Waals surface area contributed by atoms with Crippen LogP contribution in [-0.2, 0) is 14.3 Å². The summed E-state index contributed by atoms with van der Waals surface area (Å²) in [7, 11) is 1.57. The smallest absolute Gasteiger partial charge is 0.410 e. The fourth-order valence-corrected chi connectivity index (χ4v) is 1.66. The average molecular weight is 229 g/mol. The van der Waals surface area contributed by atoms with E-state index in [0.29, 0.717) is 13.0 Å². The van der Waals surface area contributed by atoms with E-state index in [-0.39, 0.29) is 6.10 Å². The zero-order valence-corrected chi connectivity index (χ0v) is 10.2. The van der Waals surface area contributed by atoms with Crippen molar-refractivity contribution in [2.24, 2.45) is 0 Å². The molecule has 0 aromatic rings. The molecule has 1 aliphatic rings. The number of methoxy groups -OCH3 is 1. The molecule has 5 nitrogen and oxygen atoms in total. The lowest BCUT2D eigenvalue weighted by molar-refractivity contribution is -0.111. The zero-order chi connectivity index (χ0) is 12.3. The van der Waals surface area contributed by atoms with Gasteiger partial charge in [0, 0.05) is 13.5 Å². The van der Waals surface area contributed by atoms with E-state index in [2.05, 4.69) is 0 Å². The summed E-state index contributed by atoms with van der Waals surface area (Å²) in [6, 6.07) is -0.431. The van der Waals surface area contributed by atoms with Crippen molar-refractivity contribution >= 4 is 12.4 Å². The van der Waals surface area contributed by atoms with E-state index in [0.717, 1.165) is 6.29 Å². The highest BCUT2D eigenvalue weighted by atomic mass is 16.6. The lowest BCUT2D eigenvalue weighted by atomic mass is 10.2. The van der Waals surface area contributed by atoms with Crippen LogP contribution >= 0.6 is 0 Å². The molecule has 92 valence electrons. The van der Waals surface area contributed by atoms with Gasteiger partial charge in [-0.1, -0.05) is 0 Å².